The Balaban J connectivity index is 2.24. The quantitative estimate of drug-likeness (QED) is 0.594. The fourth-order valence-corrected chi connectivity index (χ4v) is 1.49. The van der Waals surface area contributed by atoms with Crippen molar-refractivity contribution in [2.75, 3.05) is 6.61 Å². The summed E-state index contributed by atoms with van der Waals surface area (Å²) in [6, 6.07) is 1.92. The molecular formula is C12H13N3O2. The van der Waals surface area contributed by atoms with Crippen LogP contribution in [0.4, 0.5) is 0 Å². The van der Waals surface area contributed by atoms with E-state index >= 15 is 0 Å². The van der Waals surface area contributed by atoms with Gasteiger partial charge in [-0.05, 0) is 24.6 Å². The Morgan fingerprint density at radius 3 is 3.12 bits per heavy atom. The maximum atomic E-state index is 11.1. The zero-order valence-corrected chi connectivity index (χ0v) is 9.75. The Labute approximate surface area is 98.7 Å². The Morgan fingerprint density at radius 2 is 2.35 bits per heavy atom. The third kappa shape index (κ3) is 2.50. The number of aromatic nitrogens is 3. The first-order chi connectivity index (χ1) is 8.20. The SMILES string of the molecule is CCOC(=O)/C=C/c1cnc2cnn(C)c2c1. The molecule has 0 unspecified atom stereocenters. The van der Waals surface area contributed by atoms with Crippen LogP contribution in [-0.4, -0.2) is 27.3 Å². The average molecular weight is 231 g/mol. The molecule has 0 saturated carbocycles. The van der Waals surface area contributed by atoms with Crippen molar-refractivity contribution in [3.8, 4) is 0 Å². The highest BCUT2D eigenvalue weighted by molar-refractivity contribution is 5.87. The summed E-state index contributed by atoms with van der Waals surface area (Å²) in [6.07, 6.45) is 6.47. The van der Waals surface area contributed by atoms with Gasteiger partial charge in [0.15, 0.2) is 0 Å². The number of nitrogens with zero attached hydrogens (tertiary/aromatic N) is 3. The third-order valence-electron chi connectivity index (χ3n) is 2.32. The van der Waals surface area contributed by atoms with E-state index in [9.17, 15) is 4.79 Å². The molecule has 0 aromatic carbocycles. The van der Waals surface area contributed by atoms with E-state index < -0.39 is 0 Å². The number of hydrogen-bond donors (Lipinski definition) is 0. The van der Waals surface area contributed by atoms with E-state index in [2.05, 4.69) is 10.1 Å². The van der Waals surface area contributed by atoms with E-state index in [4.69, 9.17) is 4.74 Å². The molecule has 0 saturated heterocycles. The molecular weight excluding hydrogens is 218 g/mol. The van der Waals surface area contributed by atoms with Gasteiger partial charge in [0.2, 0.25) is 0 Å². The minimum Gasteiger partial charge on any atom is -0.463 e. The number of esters is 1. The number of fused-ring (bicyclic) bond motifs is 1. The first-order valence-electron chi connectivity index (χ1n) is 5.33. The van der Waals surface area contributed by atoms with E-state index in [0.717, 1.165) is 16.6 Å². The lowest BCUT2D eigenvalue weighted by Crippen LogP contribution is -1.98. The van der Waals surface area contributed by atoms with Gasteiger partial charge in [0.1, 0.15) is 5.52 Å². The van der Waals surface area contributed by atoms with Crippen LogP contribution in [0.2, 0.25) is 0 Å². The molecule has 0 radical (unpaired) electrons. The Kier molecular flexibility index (Phi) is 3.18. The second-order valence-corrected chi connectivity index (χ2v) is 3.53. The lowest BCUT2D eigenvalue weighted by molar-refractivity contribution is -0.137. The number of carbonyl (C=O) groups excluding carboxylic acids is 1. The highest BCUT2D eigenvalue weighted by atomic mass is 16.5. The summed E-state index contributed by atoms with van der Waals surface area (Å²) in [5, 5.41) is 4.10. The van der Waals surface area contributed by atoms with Crippen LogP contribution in [-0.2, 0) is 16.6 Å². The lowest BCUT2D eigenvalue weighted by atomic mass is 10.2. The van der Waals surface area contributed by atoms with Crippen LogP contribution in [0.15, 0.2) is 24.5 Å². The van der Waals surface area contributed by atoms with Gasteiger partial charge in [0.05, 0.1) is 18.3 Å². The molecule has 2 heterocycles. The van der Waals surface area contributed by atoms with Crippen molar-refractivity contribution in [2.24, 2.45) is 7.05 Å². The van der Waals surface area contributed by atoms with E-state index in [1.165, 1.54) is 6.08 Å². The fourth-order valence-electron chi connectivity index (χ4n) is 1.49. The Hall–Kier alpha value is -2.17. The largest absolute Gasteiger partial charge is 0.463 e. The molecule has 2 rings (SSSR count). The number of carbonyl (C=O) groups is 1. The standard InChI is InChI=1S/C12H13N3O2/c1-3-17-12(16)5-4-9-6-11-10(13-7-9)8-14-15(11)2/h4-8H,3H2,1-2H3/b5-4+. The van der Waals surface area contributed by atoms with E-state index in [0.29, 0.717) is 6.61 Å². The minimum absolute atomic E-state index is 0.349. The zero-order valence-electron chi connectivity index (χ0n) is 9.75. The number of pyridine rings is 1. The normalized spacial score (nSPS) is 11.2. The molecule has 2 aromatic heterocycles. The van der Waals surface area contributed by atoms with Gasteiger partial charge < -0.3 is 4.74 Å². The molecule has 0 N–H and O–H groups in total. The summed E-state index contributed by atoms with van der Waals surface area (Å²) in [6.45, 7) is 2.15. The Bertz CT molecular complexity index is 572. The van der Waals surface area contributed by atoms with Crippen LogP contribution < -0.4 is 0 Å². The first-order valence-corrected chi connectivity index (χ1v) is 5.33. The van der Waals surface area contributed by atoms with E-state index in [1.807, 2.05) is 13.1 Å². The van der Waals surface area contributed by atoms with Crippen molar-refractivity contribution < 1.29 is 9.53 Å². The zero-order chi connectivity index (χ0) is 12.3. The summed E-state index contributed by atoms with van der Waals surface area (Å²) in [4.78, 5) is 15.4. The molecule has 0 aliphatic rings. The maximum Gasteiger partial charge on any atom is 0.330 e. The average Bonchev–Trinajstić information content (AvgIpc) is 2.69. The monoisotopic (exact) mass is 231 g/mol. The predicted octanol–water partition coefficient (Wildman–Crippen LogP) is 1.54. The molecule has 5 heteroatoms. The van der Waals surface area contributed by atoms with Crippen molar-refractivity contribution in [3.63, 3.8) is 0 Å². The fraction of sp³-hybridized carbons (Fsp3) is 0.250. The summed E-state index contributed by atoms with van der Waals surface area (Å²) < 4.78 is 6.54. The van der Waals surface area contributed by atoms with Crippen LogP contribution in [0.1, 0.15) is 12.5 Å². The molecule has 0 fully saturated rings. The molecule has 0 aliphatic heterocycles. The van der Waals surface area contributed by atoms with Crippen molar-refractivity contribution in [3.05, 3.63) is 30.1 Å². The van der Waals surface area contributed by atoms with Crippen LogP contribution in [0.3, 0.4) is 0 Å². The van der Waals surface area contributed by atoms with Crippen molar-refractivity contribution in [1.29, 1.82) is 0 Å². The lowest BCUT2D eigenvalue weighted by Gasteiger charge is -1.97. The molecule has 0 aliphatic carbocycles. The van der Waals surface area contributed by atoms with E-state index in [-0.39, 0.29) is 5.97 Å². The third-order valence-corrected chi connectivity index (χ3v) is 2.32. The summed E-state index contributed by atoms with van der Waals surface area (Å²) in [5.41, 5.74) is 2.60. The van der Waals surface area contributed by atoms with Gasteiger partial charge in [0.25, 0.3) is 0 Å². The van der Waals surface area contributed by atoms with Gasteiger partial charge in [-0.15, -0.1) is 0 Å². The number of hydrogen-bond acceptors (Lipinski definition) is 4. The number of rotatable bonds is 3. The molecule has 0 bridgehead atoms. The highest BCUT2D eigenvalue weighted by Gasteiger charge is 2.01. The smallest absolute Gasteiger partial charge is 0.330 e. The maximum absolute atomic E-state index is 11.1. The molecule has 0 spiro atoms. The van der Waals surface area contributed by atoms with Gasteiger partial charge in [-0.1, -0.05) is 0 Å². The molecule has 2 aromatic rings. The summed E-state index contributed by atoms with van der Waals surface area (Å²) in [7, 11) is 1.85. The van der Waals surface area contributed by atoms with Gasteiger partial charge in [-0.3, -0.25) is 9.67 Å². The Morgan fingerprint density at radius 1 is 1.53 bits per heavy atom. The molecule has 17 heavy (non-hydrogen) atoms. The van der Waals surface area contributed by atoms with Crippen LogP contribution in [0.25, 0.3) is 17.1 Å². The van der Waals surface area contributed by atoms with Gasteiger partial charge >= 0.3 is 5.97 Å². The number of aryl methyl sites for hydroxylation is 1. The first kappa shape index (κ1) is 11.3. The summed E-state index contributed by atoms with van der Waals surface area (Å²) >= 11 is 0. The minimum atomic E-state index is -0.349. The van der Waals surface area contributed by atoms with E-state index in [1.54, 1.807) is 30.1 Å². The molecule has 88 valence electrons. The number of ether oxygens (including phenoxy) is 1. The molecule has 5 nitrogen and oxygen atoms in total. The van der Waals surface area contributed by atoms with Crippen molar-refractivity contribution in [1.82, 2.24) is 14.8 Å². The topological polar surface area (TPSA) is 57.0 Å². The second kappa shape index (κ2) is 4.78. The molecule has 0 atom stereocenters. The van der Waals surface area contributed by atoms with Crippen LogP contribution >= 0.6 is 0 Å². The molecule has 0 amide bonds. The van der Waals surface area contributed by atoms with Crippen LogP contribution in [0, 0.1) is 0 Å². The second-order valence-electron chi connectivity index (χ2n) is 3.53. The highest BCUT2D eigenvalue weighted by Crippen LogP contribution is 2.12. The summed E-state index contributed by atoms with van der Waals surface area (Å²) in [5.74, 6) is -0.349. The van der Waals surface area contributed by atoms with Crippen molar-refractivity contribution >= 4 is 23.1 Å². The van der Waals surface area contributed by atoms with Gasteiger partial charge in [0, 0.05) is 19.3 Å². The van der Waals surface area contributed by atoms with Gasteiger partial charge in [-0.25, -0.2) is 4.79 Å². The van der Waals surface area contributed by atoms with Crippen molar-refractivity contribution in [2.45, 2.75) is 6.92 Å². The van der Waals surface area contributed by atoms with Crippen LogP contribution in [0.5, 0.6) is 0 Å². The predicted molar refractivity (Wildman–Crippen MR) is 64.2 cm³/mol. The van der Waals surface area contributed by atoms with Gasteiger partial charge in [-0.2, -0.15) is 5.10 Å².